The molecule has 0 aliphatic rings. The van der Waals surface area contributed by atoms with E-state index in [-0.39, 0.29) is 5.97 Å². The van der Waals surface area contributed by atoms with Crippen LogP contribution in [0.4, 0.5) is 0 Å². The molecule has 0 unspecified atom stereocenters. The molecule has 3 heteroatoms. The lowest BCUT2D eigenvalue weighted by Gasteiger charge is -2.11. The molecule has 2 aromatic rings. The van der Waals surface area contributed by atoms with Crippen LogP contribution >= 0.6 is 0 Å². The molecule has 2 aromatic carbocycles. The third-order valence-electron chi connectivity index (χ3n) is 3.32. The maximum atomic E-state index is 11.5. The maximum absolute atomic E-state index is 11.5. The average Bonchev–Trinajstić information content (AvgIpc) is 2.46. The van der Waals surface area contributed by atoms with Gasteiger partial charge in [0.05, 0.1) is 12.7 Å². The second kappa shape index (κ2) is 5.70. The zero-order valence-corrected chi connectivity index (χ0v) is 11.8. The van der Waals surface area contributed by atoms with Crippen molar-refractivity contribution in [3.05, 3.63) is 58.7 Å². The molecule has 0 fully saturated rings. The average molecular weight is 268 g/mol. The van der Waals surface area contributed by atoms with Crippen molar-refractivity contribution in [3.8, 4) is 11.1 Å². The van der Waals surface area contributed by atoms with Crippen LogP contribution in [0.3, 0.4) is 0 Å². The summed E-state index contributed by atoms with van der Waals surface area (Å²) in [4.78, 5) is 22.3. The van der Waals surface area contributed by atoms with E-state index in [0.29, 0.717) is 11.1 Å². The van der Waals surface area contributed by atoms with Crippen molar-refractivity contribution < 1.29 is 14.3 Å². The molecule has 0 saturated carbocycles. The van der Waals surface area contributed by atoms with Gasteiger partial charge in [-0.25, -0.2) is 4.79 Å². The van der Waals surface area contributed by atoms with Crippen LogP contribution in [-0.2, 0) is 4.74 Å². The lowest BCUT2D eigenvalue weighted by molar-refractivity contribution is 0.0600. The van der Waals surface area contributed by atoms with Crippen LogP contribution in [0.25, 0.3) is 11.1 Å². The Balaban J connectivity index is 2.48. The second-order valence-corrected chi connectivity index (χ2v) is 4.71. The summed E-state index contributed by atoms with van der Waals surface area (Å²) in [5.41, 5.74) is 5.33. The van der Waals surface area contributed by atoms with E-state index in [0.717, 1.165) is 28.5 Å². The van der Waals surface area contributed by atoms with Gasteiger partial charge in [-0.3, -0.25) is 4.79 Å². The Morgan fingerprint density at radius 3 is 2.10 bits per heavy atom. The van der Waals surface area contributed by atoms with E-state index in [2.05, 4.69) is 0 Å². The Bertz CT molecular complexity index is 672. The molecule has 0 saturated heterocycles. The van der Waals surface area contributed by atoms with E-state index in [1.165, 1.54) is 7.11 Å². The molecule has 0 amide bonds. The molecule has 3 nitrogen and oxygen atoms in total. The zero-order valence-electron chi connectivity index (χ0n) is 11.8. The van der Waals surface area contributed by atoms with Gasteiger partial charge in [0, 0.05) is 5.56 Å². The van der Waals surface area contributed by atoms with E-state index in [1.54, 1.807) is 12.1 Å². The summed E-state index contributed by atoms with van der Waals surface area (Å²) in [6, 6.07) is 11.1. The van der Waals surface area contributed by atoms with Crippen molar-refractivity contribution >= 4 is 12.3 Å². The van der Waals surface area contributed by atoms with Gasteiger partial charge in [0.2, 0.25) is 0 Å². The number of esters is 1. The van der Waals surface area contributed by atoms with Crippen LogP contribution < -0.4 is 0 Å². The van der Waals surface area contributed by atoms with Crippen molar-refractivity contribution in [3.63, 3.8) is 0 Å². The van der Waals surface area contributed by atoms with Crippen molar-refractivity contribution in [2.24, 2.45) is 0 Å². The quantitative estimate of drug-likeness (QED) is 0.631. The van der Waals surface area contributed by atoms with Gasteiger partial charge in [-0.15, -0.1) is 0 Å². The Morgan fingerprint density at radius 2 is 1.60 bits per heavy atom. The number of rotatable bonds is 3. The molecule has 0 spiro atoms. The summed E-state index contributed by atoms with van der Waals surface area (Å²) in [6.45, 7) is 3.92. The minimum absolute atomic E-state index is 0.340. The van der Waals surface area contributed by atoms with Crippen LogP contribution in [0.15, 0.2) is 36.4 Å². The molecule has 0 heterocycles. The number of ether oxygens (including phenoxy) is 1. The van der Waals surface area contributed by atoms with Gasteiger partial charge < -0.3 is 4.74 Å². The number of hydrogen-bond acceptors (Lipinski definition) is 3. The third-order valence-corrected chi connectivity index (χ3v) is 3.32. The molecular formula is C17H16O3. The highest BCUT2D eigenvalue weighted by Crippen LogP contribution is 2.28. The molecule has 2 rings (SSSR count). The lowest BCUT2D eigenvalue weighted by atomic mass is 9.94. The molecule has 20 heavy (non-hydrogen) atoms. The fourth-order valence-corrected chi connectivity index (χ4v) is 2.27. The van der Waals surface area contributed by atoms with E-state index < -0.39 is 0 Å². The topological polar surface area (TPSA) is 43.4 Å². The summed E-state index contributed by atoms with van der Waals surface area (Å²) in [5.74, 6) is -0.340. The van der Waals surface area contributed by atoms with Crippen molar-refractivity contribution in [1.82, 2.24) is 0 Å². The van der Waals surface area contributed by atoms with E-state index in [9.17, 15) is 9.59 Å². The number of hydrogen-bond donors (Lipinski definition) is 0. The largest absolute Gasteiger partial charge is 0.465 e. The highest BCUT2D eigenvalue weighted by Gasteiger charge is 2.10. The van der Waals surface area contributed by atoms with Crippen molar-refractivity contribution in [2.45, 2.75) is 13.8 Å². The third kappa shape index (κ3) is 2.62. The lowest BCUT2D eigenvalue weighted by Crippen LogP contribution is -2.01. The van der Waals surface area contributed by atoms with Gasteiger partial charge >= 0.3 is 5.97 Å². The Morgan fingerprint density at radius 1 is 1.00 bits per heavy atom. The molecule has 0 bridgehead atoms. The first-order valence-electron chi connectivity index (χ1n) is 6.32. The van der Waals surface area contributed by atoms with Crippen LogP contribution in [0.5, 0.6) is 0 Å². The van der Waals surface area contributed by atoms with Crippen LogP contribution in [0.2, 0.25) is 0 Å². The number of aldehydes is 1. The van der Waals surface area contributed by atoms with E-state index in [4.69, 9.17) is 4.74 Å². The van der Waals surface area contributed by atoms with Gasteiger partial charge in [-0.2, -0.15) is 0 Å². The van der Waals surface area contributed by atoms with Gasteiger partial charge in [-0.05, 0) is 54.3 Å². The molecule has 0 radical (unpaired) electrons. The van der Waals surface area contributed by atoms with Gasteiger partial charge in [-0.1, -0.05) is 18.2 Å². The molecule has 0 aliphatic heterocycles. The summed E-state index contributed by atoms with van der Waals surface area (Å²) in [6.07, 6.45) is 0.837. The fraction of sp³-hybridized carbons (Fsp3) is 0.176. The van der Waals surface area contributed by atoms with Crippen LogP contribution in [0.1, 0.15) is 31.8 Å². The van der Waals surface area contributed by atoms with Crippen molar-refractivity contribution in [2.75, 3.05) is 7.11 Å². The maximum Gasteiger partial charge on any atom is 0.337 e. The summed E-state index contributed by atoms with van der Waals surface area (Å²) in [5, 5.41) is 0. The number of carbonyl (C=O) groups is 2. The number of carbonyl (C=O) groups excluding carboxylic acids is 2. The first kappa shape index (κ1) is 14.0. The van der Waals surface area contributed by atoms with Gasteiger partial charge in [0.15, 0.2) is 0 Å². The number of aryl methyl sites for hydroxylation is 2. The first-order valence-corrected chi connectivity index (χ1v) is 6.32. The monoisotopic (exact) mass is 268 g/mol. The molecular weight excluding hydrogens is 252 g/mol. The fourth-order valence-electron chi connectivity index (χ4n) is 2.27. The predicted molar refractivity (Wildman–Crippen MR) is 78.1 cm³/mol. The normalized spacial score (nSPS) is 10.2. The van der Waals surface area contributed by atoms with Crippen molar-refractivity contribution in [1.29, 1.82) is 0 Å². The van der Waals surface area contributed by atoms with E-state index >= 15 is 0 Å². The second-order valence-electron chi connectivity index (χ2n) is 4.71. The first-order chi connectivity index (χ1) is 9.56. The summed E-state index contributed by atoms with van der Waals surface area (Å²) in [7, 11) is 1.37. The highest BCUT2D eigenvalue weighted by atomic mass is 16.5. The number of benzene rings is 2. The molecule has 0 aliphatic carbocycles. The van der Waals surface area contributed by atoms with Gasteiger partial charge in [0.1, 0.15) is 6.29 Å². The smallest absolute Gasteiger partial charge is 0.337 e. The SMILES string of the molecule is COC(=O)c1ccc(-c2ccc(C=O)cc2C)c(C)c1. The van der Waals surface area contributed by atoms with Crippen LogP contribution in [0, 0.1) is 13.8 Å². The Hall–Kier alpha value is -2.42. The Labute approximate surface area is 118 Å². The van der Waals surface area contributed by atoms with E-state index in [1.807, 2.05) is 38.1 Å². The Kier molecular flexibility index (Phi) is 3.99. The number of methoxy groups -OCH3 is 1. The molecule has 0 atom stereocenters. The van der Waals surface area contributed by atoms with Gasteiger partial charge in [0.25, 0.3) is 0 Å². The molecule has 0 N–H and O–H groups in total. The minimum Gasteiger partial charge on any atom is -0.465 e. The molecule has 0 aromatic heterocycles. The highest BCUT2D eigenvalue weighted by molar-refractivity contribution is 5.90. The summed E-state index contributed by atoms with van der Waals surface area (Å²) >= 11 is 0. The summed E-state index contributed by atoms with van der Waals surface area (Å²) < 4.78 is 4.71. The molecule has 102 valence electrons. The zero-order chi connectivity index (χ0) is 14.7. The van der Waals surface area contributed by atoms with Crippen LogP contribution in [-0.4, -0.2) is 19.4 Å². The predicted octanol–water partition coefficient (Wildman–Crippen LogP) is 3.57. The minimum atomic E-state index is -0.340. The standard InChI is InChI=1S/C17H16O3/c1-11-8-13(10-18)4-6-15(11)16-7-5-14(9-12(16)2)17(19)20-3/h4-10H,1-3H3.